The summed E-state index contributed by atoms with van der Waals surface area (Å²) in [4.78, 5) is 0. The summed E-state index contributed by atoms with van der Waals surface area (Å²) in [5.74, 6) is 1.68. The molecule has 2 fully saturated rings. The fraction of sp³-hybridized carbons (Fsp3) is 1.00. The van der Waals surface area contributed by atoms with Crippen molar-refractivity contribution in [3.8, 4) is 0 Å². The molecule has 0 unspecified atom stereocenters. The molecule has 0 aromatic rings. The highest BCUT2D eigenvalue weighted by Crippen LogP contribution is 2.58. The maximum atomic E-state index is 6.41. The van der Waals surface area contributed by atoms with E-state index in [1.807, 2.05) is 0 Å². The molecular formula is C17H35BO3Si. The predicted molar refractivity (Wildman–Crippen MR) is 95.6 cm³/mol. The van der Waals surface area contributed by atoms with E-state index in [0.29, 0.717) is 17.7 Å². The van der Waals surface area contributed by atoms with E-state index >= 15 is 0 Å². The van der Waals surface area contributed by atoms with E-state index in [9.17, 15) is 0 Å². The molecule has 1 aliphatic heterocycles. The van der Waals surface area contributed by atoms with E-state index in [1.165, 1.54) is 0 Å². The molecule has 1 saturated heterocycles. The average molecular weight is 326 g/mol. The van der Waals surface area contributed by atoms with Crippen LogP contribution in [0.3, 0.4) is 0 Å². The molecule has 3 atom stereocenters. The van der Waals surface area contributed by atoms with Gasteiger partial charge in [0.2, 0.25) is 0 Å². The molecule has 0 amide bonds. The highest BCUT2D eigenvalue weighted by Gasteiger charge is 2.63. The molecule has 0 bridgehead atoms. The standard InChI is InChI=1S/C17H35BO3Si/c1-12-13(11-19-22(9,10)15(2,3)4)14(12)18-20-16(5,6)17(7,8)21-18/h12-14H,11H2,1-10H3/t12-,13+,14+/m1/s1. The van der Waals surface area contributed by atoms with Gasteiger partial charge in [0.1, 0.15) is 0 Å². The van der Waals surface area contributed by atoms with Crippen molar-refractivity contribution in [1.29, 1.82) is 0 Å². The summed E-state index contributed by atoms with van der Waals surface area (Å²) in [6.07, 6.45) is 0. The second kappa shape index (κ2) is 5.33. The second-order valence-electron chi connectivity index (χ2n) is 9.80. The van der Waals surface area contributed by atoms with Crippen molar-refractivity contribution in [2.75, 3.05) is 6.61 Å². The average Bonchev–Trinajstić information content (AvgIpc) is 2.87. The monoisotopic (exact) mass is 326 g/mol. The van der Waals surface area contributed by atoms with Crippen LogP contribution >= 0.6 is 0 Å². The lowest BCUT2D eigenvalue weighted by molar-refractivity contribution is 0.00578. The maximum absolute atomic E-state index is 6.41. The molecule has 5 heteroatoms. The third kappa shape index (κ3) is 3.19. The lowest BCUT2D eigenvalue weighted by Crippen LogP contribution is -2.41. The van der Waals surface area contributed by atoms with Gasteiger partial charge in [0.15, 0.2) is 8.32 Å². The summed E-state index contributed by atoms with van der Waals surface area (Å²) in [5, 5.41) is 0.269. The van der Waals surface area contributed by atoms with Crippen molar-refractivity contribution in [2.45, 2.75) is 90.5 Å². The maximum Gasteiger partial charge on any atom is 0.461 e. The Morgan fingerprint density at radius 2 is 1.50 bits per heavy atom. The fourth-order valence-corrected chi connectivity index (χ4v) is 3.90. The fourth-order valence-electron chi connectivity index (χ4n) is 2.86. The smallest absolute Gasteiger partial charge is 0.417 e. The van der Waals surface area contributed by atoms with Crippen molar-refractivity contribution in [1.82, 2.24) is 0 Å². The first-order valence-corrected chi connectivity index (χ1v) is 11.6. The van der Waals surface area contributed by atoms with E-state index in [4.69, 9.17) is 13.7 Å². The quantitative estimate of drug-likeness (QED) is 0.699. The van der Waals surface area contributed by atoms with E-state index in [-0.39, 0.29) is 23.4 Å². The van der Waals surface area contributed by atoms with E-state index in [1.54, 1.807) is 0 Å². The van der Waals surface area contributed by atoms with Crippen molar-refractivity contribution >= 4 is 15.4 Å². The van der Waals surface area contributed by atoms with Crippen molar-refractivity contribution in [2.24, 2.45) is 11.8 Å². The minimum absolute atomic E-state index is 0.0759. The molecule has 22 heavy (non-hydrogen) atoms. The summed E-state index contributed by atoms with van der Waals surface area (Å²) < 4.78 is 18.9. The Balaban J connectivity index is 1.93. The van der Waals surface area contributed by atoms with Gasteiger partial charge in [-0.15, -0.1) is 0 Å². The van der Waals surface area contributed by atoms with Crippen LogP contribution in [0.4, 0.5) is 0 Å². The Labute approximate surface area is 138 Å². The zero-order valence-corrected chi connectivity index (χ0v) is 17.2. The molecule has 2 rings (SSSR count). The molecule has 0 aromatic heterocycles. The van der Waals surface area contributed by atoms with Gasteiger partial charge in [0.25, 0.3) is 0 Å². The van der Waals surface area contributed by atoms with Gasteiger partial charge in [-0.3, -0.25) is 0 Å². The minimum Gasteiger partial charge on any atom is -0.417 e. The van der Waals surface area contributed by atoms with Crippen LogP contribution in [0.1, 0.15) is 55.4 Å². The third-order valence-electron chi connectivity index (χ3n) is 6.66. The normalized spacial score (nSPS) is 34.1. The molecule has 0 radical (unpaired) electrons. The Hall–Kier alpha value is 0.162. The Kier molecular flexibility index (Phi) is 4.48. The van der Waals surface area contributed by atoms with Crippen LogP contribution in [-0.4, -0.2) is 33.2 Å². The van der Waals surface area contributed by atoms with E-state index < -0.39 is 8.32 Å². The van der Waals surface area contributed by atoms with Gasteiger partial charge in [-0.25, -0.2) is 0 Å². The van der Waals surface area contributed by atoms with Crippen LogP contribution in [0, 0.1) is 11.8 Å². The Morgan fingerprint density at radius 1 is 1.05 bits per heavy atom. The first kappa shape index (κ1) is 18.5. The zero-order chi connectivity index (χ0) is 17.1. The van der Waals surface area contributed by atoms with Crippen LogP contribution < -0.4 is 0 Å². The zero-order valence-electron chi connectivity index (χ0n) is 16.2. The SMILES string of the molecule is C[C@@H]1[C@H](CO[Si](C)(C)C(C)(C)C)[C@H]1B1OC(C)(C)C(C)(C)O1. The number of hydrogen-bond donors (Lipinski definition) is 0. The molecule has 1 aliphatic carbocycles. The van der Waals surface area contributed by atoms with Gasteiger partial charge in [0.05, 0.1) is 11.2 Å². The second-order valence-corrected chi connectivity index (χ2v) is 14.6. The number of rotatable bonds is 4. The van der Waals surface area contributed by atoms with Gasteiger partial charge in [-0.2, -0.15) is 0 Å². The topological polar surface area (TPSA) is 27.7 Å². The van der Waals surface area contributed by atoms with Crippen LogP contribution in [0.25, 0.3) is 0 Å². The van der Waals surface area contributed by atoms with Gasteiger partial charge >= 0.3 is 7.12 Å². The van der Waals surface area contributed by atoms with Crippen LogP contribution in [0.15, 0.2) is 0 Å². The molecule has 1 saturated carbocycles. The summed E-state index contributed by atoms with van der Waals surface area (Å²) in [6, 6.07) is 0. The van der Waals surface area contributed by atoms with Crippen molar-refractivity contribution in [3.63, 3.8) is 0 Å². The highest BCUT2D eigenvalue weighted by atomic mass is 28.4. The lowest BCUT2D eigenvalue weighted by Gasteiger charge is -2.36. The molecule has 3 nitrogen and oxygen atoms in total. The van der Waals surface area contributed by atoms with Gasteiger partial charge in [-0.1, -0.05) is 27.7 Å². The molecule has 0 N–H and O–H groups in total. The Morgan fingerprint density at radius 3 is 1.91 bits per heavy atom. The summed E-state index contributed by atoms with van der Waals surface area (Å²) in [7, 11) is -1.74. The van der Waals surface area contributed by atoms with Crippen molar-refractivity contribution in [3.05, 3.63) is 0 Å². The van der Waals surface area contributed by atoms with Gasteiger partial charge in [-0.05, 0) is 57.7 Å². The molecule has 128 valence electrons. The van der Waals surface area contributed by atoms with Gasteiger partial charge < -0.3 is 13.7 Å². The third-order valence-corrected chi connectivity index (χ3v) is 11.2. The van der Waals surface area contributed by atoms with Crippen LogP contribution in [-0.2, 0) is 13.7 Å². The molecule has 2 aliphatic rings. The van der Waals surface area contributed by atoms with Crippen LogP contribution in [0.2, 0.25) is 23.9 Å². The largest absolute Gasteiger partial charge is 0.461 e. The summed E-state index contributed by atoms with van der Waals surface area (Å²) >= 11 is 0. The van der Waals surface area contributed by atoms with Crippen molar-refractivity contribution < 1.29 is 13.7 Å². The predicted octanol–water partition coefficient (Wildman–Crippen LogP) is 4.74. The summed E-state index contributed by atoms with van der Waals surface area (Å²) in [6.45, 7) is 23.2. The van der Waals surface area contributed by atoms with E-state index in [2.05, 4.69) is 68.5 Å². The minimum atomic E-state index is -1.66. The molecule has 0 aromatic carbocycles. The van der Waals surface area contributed by atoms with Crippen LogP contribution in [0.5, 0.6) is 0 Å². The first-order valence-electron chi connectivity index (χ1n) is 8.69. The molecule has 0 spiro atoms. The summed E-state index contributed by atoms with van der Waals surface area (Å²) in [5.41, 5.74) is -0.463. The molecule has 1 heterocycles. The highest BCUT2D eigenvalue weighted by molar-refractivity contribution is 6.74. The van der Waals surface area contributed by atoms with Gasteiger partial charge in [0, 0.05) is 12.4 Å². The lowest BCUT2D eigenvalue weighted by atomic mass is 9.79. The Bertz CT molecular complexity index is 412. The molecular weight excluding hydrogens is 291 g/mol. The number of hydrogen-bond acceptors (Lipinski definition) is 3. The van der Waals surface area contributed by atoms with E-state index in [0.717, 1.165) is 6.61 Å². The first-order chi connectivity index (χ1) is 9.70.